The number of carboxylic acids is 1. The summed E-state index contributed by atoms with van der Waals surface area (Å²) in [7, 11) is 3.30. The predicted molar refractivity (Wildman–Crippen MR) is 116 cm³/mol. The van der Waals surface area contributed by atoms with Crippen LogP contribution in [-0.4, -0.2) is 42.1 Å². The van der Waals surface area contributed by atoms with Crippen LogP contribution in [0.2, 0.25) is 0 Å². The van der Waals surface area contributed by atoms with Crippen LogP contribution in [0.15, 0.2) is 29.2 Å². The topological polar surface area (TPSA) is 87.0 Å². The molecule has 0 unspecified atom stereocenters. The number of benzene rings is 1. The first-order chi connectivity index (χ1) is 14.6. The van der Waals surface area contributed by atoms with Gasteiger partial charge in [0.15, 0.2) is 16.9 Å². The minimum Gasteiger partial charge on any atom is -0.493 e. The molecule has 1 saturated carbocycles. The number of aromatic nitrogens is 1. The van der Waals surface area contributed by atoms with Gasteiger partial charge in [-0.15, -0.1) is 0 Å². The quantitative estimate of drug-likeness (QED) is 0.778. The zero-order valence-corrected chi connectivity index (χ0v) is 18.6. The van der Waals surface area contributed by atoms with Crippen molar-refractivity contribution in [3.05, 3.63) is 45.7 Å². The maximum absolute atomic E-state index is 12.5. The Morgan fingerprint density at radius 2 is 1.81 bits per heavy atom. The first-order valence-corrected chi connectivity index (χ1v) is 10.5. The number of nitrogens with zero attached hydrogens (tertiary/aromatic N) is 1. The van der Waals surface area contributed by atoms with Crippen LogP contribution in [0.3, 0.4) is 0 Å². The fourth-order valence-electron chi connectivity index (χ4n) is 4.46. The molecule has 4 rings (SSSR count). The number of fused-ring (bicyclic) bond motifs is 3. The van der Waals surface area contributed by atoms with E-state index < -0.39 is 11.4 Å². The molecule has 7 heteroatoms. The van der Waals surface area contributed by atoms with Crippen molar-refractivity contribution in [2.24, 2.45) is 5.41 Å². The normalized spacial score (nSPS) is 22.2. The summed E-state index contributed by atoms with van der Waals surface area (Å²) in [6.07, 6.45) is 4.19. The van der Waals surface area contributed by atoms with Crippen LogP contribution >= 0.6 is 0 Å². The van der Waals surface area contributed by atoms with Crippen molar-refractivity contribution in [2.75, 3.05) is 14.2 Å². The van der Waals surface area contributed by atoms with Gasteiger partial charge in [-0.1, -0.05) is 20.8 Å². The molecule has 0 spiro atoms. The molecule has 166 valence electrons. The zero-order valence-electron chi connectivity index (χ0n) is 18.6. The van der Waals surface area contributed by atoms with Crippen LogP contribution < -0.4 is 14.9 Å². The van der Waals surface area contributed by atoms with Crippen molar-refractivity contribution < 1.29 is 24.1 Å². The van der Waals surface area contributed by atoms with Gasteiger partial charge in [0.1, 0.15) is 11.7 Å². The lowest BCUT2D eigenvalue weighted by Gasteiger charge is -2.39. The number of hydrogen-bond donors (Lipinski definition) is 1. The number of carboxylic acid groups (broad SMARTS) is 1. The Labute approximate surface area is 181 Å². The van der Waals surface area contributed by atoms with Crippen LogP contribution in [-0.2, 0) is 11.2 Å². The first kappa shape index (κ1) is 21.4. The van der Waals surface area contributed by atoms with E-state index >= 15 is 0 Å². The molecule has 1 aliphatic carbocycles. The Balaban J connectivity index is 1.82. The van der Waals surface area contributed by atoms with Gasteiger partial charge in [0.05, 0.1) is 18.9 Å². The second-order valence-electron chi connectivity index (χ2n) is 9.46. The first-order valence-electron chi connectivity index (χ1n) is 10.5. The number of rotatable bonds is 5. The molecule has 0 amide bonds. The fourth-order valence-corrected chi connectivity index (χ4v) is 4.46. The van der Waals surface area contributed by atoms with Crippen molar-refractivity contribution in [3.8, 4) is 22.8 Å². The van der Waals surface area contributed by atoms with Crippen LogP contribution in [0.1, 0.15) is 55.6 Å². The fraction of sp³-hybridized carbons (Fsp3) is 0.500. The molecule has 1 fully saturated rings. The van der Waals surface area contributed by atoms with Gasteiger partial charge >= 0.3 is 5.97 Å². The molecule has 0 radical (unpaired) electrons. The maximum atomic E-state index is 12.5. The molecule has 2 aromatic rings. The third-order valence-corrected chi connectivity index (χ3v) is 6.40. The van der Waals surface area contributed by atoms with Crippen LogP contribution in [0.5, 0.6) is 11.5 Å². The van der Waals surface area contributed by atoms with Gasteiger partial charge in [0.2, 0.25) is 0 Å². The van der Waals surface area contributed by atoms with E-state index in [0.717, 1.165) is 24.0 Å². The molecule has 2 heterocycles. The summed E-state index contributed by atoms with van der Waals surface area (Å²) < 4.78 is 19.1. The zero-order chi connectivity index (χ0) is 22.5. The lowest BCUT2D eigenvalue weighted by Crippen LogP contribution is -2.39. The molecule has 2 aliphatic rings. The van der Waals surface area contributed by atoms with Gasteiger partial charge < -0.3 is 23.9 Å². The van der Waals surface area contributed by atoms with Crippen LogP contribution in [0.4, 0.5) is 0 Å². The summed E-state index contributed by atoms with van der Waals surface area (Å²) in [5.74, 6) is 0.0662. The van der Waals surface area contributed by atoms with Crippen LogP contribution in [0.25, 0.3) is 11.3 Å². The van der Waals surface area contributed by atoms with E-state index in [9.17, 15) is 14.7 Å². The molecule has 1 aromatic carbocycles. The van der Waals surface area contributed by atoms with Gasteiger partial charge in [0, 0.05) is 43.8 Å². The summed E-state index contributed by atoms with van der Waals surface area (Å²) in [5.41, 5.74) is 1.74. The molecule has 7 nitrogen and oxygen atoms in total. The second-order valence-corrected chi connectivity index (χ2v) is 9.46. The number of ether oxygens (including phenoxy) is 3. The highest BCUT2D eigenvalue weighted by molar-refractivity contribution is 5.88. The van der Waals surface area contributed by atoms with Gasteiger partial charge in [-0.05, 0) is 29.5 Å². The molecule has 1 aromatic heterocycles. The van der Waals surface area contributed by atoms with Gasteiger partial charge in [0.25, 0.3) is 0 Å². The highest BCUT2D eigenvalue weighted by Crippen LogP contribution is 2.46. The minimum atomic E-state index is -1.21. The Bertz CT molecular complexity index is 1070. The van der Waals surface area contributed by atoms with Gasteiger partial charge in [-0.3, -0.25) is 4.79 Å². The molecule has 0 bridgehead atoms. The van der Waals surface area contributed by atoms with Crippen molar-refractivity contribution in [3.63, 3.8) is 0 Å². The SMILES string of the molecule is COc1cc2c(cc1OC1CC(OC)C1)C[C@@H](C(C)(C)C)n1cc(C(=O)O)c(=O)cc1-2. The standard InChI is InChI=1S/C24H29NO6/c1-24(2,3)22-7-13-6-21(31-15-8-14(9-15)29-4)20(30-5)10-16(13)18-11-19(26)17(23(27)28)12-25(18)22/h6,10-12,14-15,22H,7-9H2,1-5H3,(H,27,28)/t14?,15?,22-/m0/s1. The second kappa shape index (κ2) is 7.71. The van der Waals surface area contributed by atoms with Crippen molar-refractivity contribution in [1.29, 1.82) is 0 Å². The Kier molecular flexibility index (Phi) is 5.33. The number of pyridine rings is 1. The lowest BCUT2D eigenvalue weighted by molar-refractivity contribution is -0.0388. The van der Waals surface area contributed by atoms with E-state index in [1.807, 2.05) is 16.7 Å². The predicted octanol–water partition coefficient (Wildman–Crippen LogP) is 3.92. The molecule has 1 atom stereocenters. The average Bonchev–Trinajstić information content (AvgIpc) is 2.67. The number of methoxy groups -OCH3 is 2. The van der Waals surface area contributed by atoms with Gasteiger partial charge in [-0.25, -0.2) is 4.79 Å². The van der Waals surface area contributed by atoms with E-state index in [4.69, 9.17) is 14.2 Å². The number of carbonyl (C=O) groups is 1. The van der Waals surface area contributed by atoms with Crippen molar-refractivity contribution in [1.82, 2.24) is 4.57 Å². The molecular formula is C24H29NO6. The van der Waals surface area contributed by atoms with Crippen LogP contribution in [0, 0.1) is 5.41 Å². The summed E-state index contributed by atoms with van der Waals surface area (Å²) in [6.45, 7) is 6.35. The smallest absolute Gasteiger partial charge is 0.341 e. The van der Waals surface area contributed by atoms with Crippen molar-refractivity contribution in [2.45, 2.75) is 58.3 Å². The maximum Gasteiger partial charge on any atom is 0.341 e. The van der Waals surface area contributed by atoms with E-state index in [-0.39, 0.29) is 29.2 Å². The number of aromatic carboxylic acids is 1. The molecule has 1 aliphatic heterocycles. The number of hydrogen-bond acceptors (Lipinski definition) is 5. The summed E-state index contributed by atoms with van der Waals surface area (Å²) in [6, 6.07) is 5.31. The van der Waals surface area contributed by atoms with E-state index in [2.05, 4.69) is 20.8 Å². The summed E-state index contributed by atoms with van der Waals surface area (Å²) >= 11 is 0. The van der Waals surface area contributed by atoms with Gasteiger partial charge in [-0.2, -0.15) is 0 Å². The highest BCUT2D eigenvalue weighted by atomic mass is 16.5. The Morgan fingerprint density at radius 3 is 2.39 bits per heavy atom. The Hall–Kier alpha value is -2.80. The molecule has 31 heavy (non-hydrogen) atoms. The van der Waals surface area contributed by atoms with E-state index in [1.165, 1.54) is 12.3 Å². The van der Waals surface area contributed by atoms with E-state index in [0.29, 0.717) is 23.6 Å². The molecule has 0 saturated heterocycles. The lowest BCUT2D eigenvalue weighted by atomic mass is 9.78. The monoisotopic (exact) mass is 427 g/mol. The summed E-state index contributed by atoms with van der Waals surface area (Å²) in [4.78, 5) is 24.1. The highest BCUT2D eigenvalue weighted by Gasteiger charge is 2.35. The third-order valence-electron chi connectivity index (χ3n) is 6.40. The van der Waals surface area contributed by atoms with E-state index in [1.54, 1.807) is 14.2 Å². The Morgan fingerprint density at radius 1 is 1.10 bits per heavy atom. The largest absolute Gasteiger partial charge is 0.493 e. The third kappa shape index (κ3) is 3.82. The minimum absolute atomic E-state index is 0.0171. The average molecular weight is 427 g/mol. The molecular weight excluding hydrogens is 398 g/mol. The summed E-state index contributed by atoms with van der Waals surface area (Å²) in [5, 5.41) is 9.46. The molecule has 1 N–H and O–H groups in total. The van der Waals surface area contributed by atoms with Crippen molar-refractivity contribution >= 4 is 5.97 Å².